The topological polar surface area (TPSA) is 69.6 Å². The van der Waals surface area contributed by atoms with E-state index < -0.39 is 29.8 Å². The first-order chi connectivity index (χ1) is 10.2. The van der Waals surface area contributed by atoms with Gasteiger partial charge in [0.1, 0.15) is 0 Å². The van der Waals surface area contributed by atoms with Gasteiger partial charge in [0.2, 0.25) is 5.91 Å². The van der Waals surface area contributed by atoms with E-state index in [9.17, 15) is 27.9 Å². The predicted octanol–water partition coefficient (Wildman–Crippen LogP) is 1.03. The highest BCUT2D eigenvalue weighted by atomic mass is 19.4. The van der Waals surface area contributed by atoms with Crippen LogP contribution in [0.15, 0.2) is 24.3 Å². The third kappa shape index (κ3) is 3.56. The summed E-state index contributed by atoms with van der Waals surface area (Å²) in [6.45, 7) is 1.43. The molecular formula is C14H15F3N2O3. The zero-order valence-electron chi connectivity index (χ0n) is 11.7. The van der Waals surface area contributed by atoms with E-state index >= 15 is 0 Å². The van der Waals surface area contributed by atoms with E-state index in [-0.39, 0.29) is 24.6 Å². The van der Waals surface area contributed by atoms with E-state index in [1.807, 2.05) is 0 Å². The summed E-state index contributed by atoms with van der Waals surface area (Å²) in [7, 11) is 0. The summed E-state index contributed by atoms with van der Waals surface area (Å²) < 4.78 is 37.4. The highest BCUT2D eigenvalue weighted by Crippen LogP contribution is 2.29. The molecule has 0 bridgehead atoms. The quantitative estimate of drug-likeness (QED) is 0.856. The zero-order valence-corrected chi connectivity index (χ0v) is 11.7. The fourth-order valence-electron chi connectivity index (χ4n) is 2.34. The molecule has 0 radical (unpaired) electrons. The summed E-state index contributed by atoms with van der Waals surface area (Å²) >= 11 is 0. The van der Waals surface area contributed by atoms with Crippen molar-refractivity contribution in [2.75, 3.05) is 13.1 Å². The average Bonchev–Trinajstić information content (AvgIpc) is 2.78. The van der Waals surface area contributed by atoms with Crippen molar-refractivity contribution in [2.45, 2.75) is 25.2 Å². The number of likely N-dealkylation sites (tertiary alicyclic amines) is 1. The van der Waals surface area contributed by atoms with Crippen LogP contribution >= 0.6 is 0 Å². The first-order valence-electron chi connectivity index (χ1n) is 6.60. The molecule has 2 rings (SSSR count). The van der Waals surface area contributed by atoms with E-state index in [0.29, 0.717) is 0 Å². The molecular weight excluding hydrogens is 301 g/mol. The molecule has 0 aliphatic carbocycles. The lowest BCUT2D eigenvalue weighted by molar-refractivity contribution is -0.137. The molecule has 22 heavy (non-hydrogen) atoms. The summed E-state index contributed by atoms with van der Waals surface area (Å²) in [5.74, 6) is -0.812. The maximum absolute atomic E-state index is 12.5. The average molecular weight is 316 g/mol. The number of carbonyl (C=O) groups is 2. The van der Waals surface area contributed by atoms with Gasteiger partial charge in [0.25, 0.3) is 5.91 Å². The van der Waals surface area contributed by atoms with E-state index in [1.54, 1.807) is 0 Å². The second-order valence-electron chi connectivity index (χ2n) is 5.16. The standard InChI is InChI=1S/C14H15F3N2O3/c1-8(20)18-11-6-19(7-12(11)21)13(22)9-2-4-10(5-3-9)14(15,16)17/h2-5,11-12,21H,6-7H2,1H3,(H,18,20)/t11-,12-/m1/s1. The monoisotopic (exact) mass is 316 g/mol. The lowest BCUT2D eigenvalue weighted by Gasteiger charge is -2.17. The Hall–Kier alpha value is -2.09. The first kappa shape index (κ1) is 16.3. The van der Waals surface area contributed by atoms with Crippen LogP contribution < -0.4 is 5.32 Å². The number of benzene rings is 1. The molecule has 1 fully saturated rings. The van der Waals surface area contributed by atoms with Crippen molar-refractivity contribution in [3.63, 3.8) is 0 Å². The fourth-order valence-corrected chi connectivity index (χ4v) is 2.34. The molecule has 1 aromatic rings. The molecule has 1 aromatic carbocycles. The number of carbonyl (C=O) groups excluding carboxylic acids is 2. The highest BCUT2D eigenvalue weighted by molar-refractivity contribution is 5.94. The second kappa shape index (κ2) is 5.96. The van der Waals surface area contributed by atoms with Crippen LogP contribution in [0.25, 0.3) is 0 Å². The maximum Gasteiger partial charge on any atom is 0.416 e. The molecule has 2 amide bonds. The van der Waals surface area contributed by atoms with Crippen molar-refractivity contribution >= 4 is 11.8 Å². The number of rotatable bonds is 2. The summed E-state index contributed by atoms with van der Waals surface area (Å²) in [5, 5.41) is 12.3. The van der Waals surface area contributed by atoms with Gasteiger partial charge in [0.05, 0.1) is 17.7 Å². The molecule has 2 N–H and O–H groups in total. The highest BCUT2D eigenvalue weighted by Gasteiger charge is 2.35. The molecule has 0 saturated carbocycles. The third-order valence-electron chi connectivity index (χ3n) is 3.42. The van der Waals surface area contributed by atoms with Gasteiger partial charge in [-0.2, -0.15) is 13.2 Å². The minimum atomic E-state index is -4.46. The van der Waals surface area contributed by atoms with Crippen LogP contribution in [-0.2, 0) is 11.0 Å². The third-order valence-corrected chi connectivity index (χ3v) is 3.42. The number of nitrogens with one attached hydrogen (secondary N) is 1. The number of hydrogen-bond acceptors (Lipinski definition) is 3. The van der Waals surface area contributed by atoms with Gasteiger partial charge in [-0.1, -0.05) is 0 Å². The normalized spacial score (nSPS) is 21.8. The van der Waals surface area contributed by atoms with Crippen LogP contribution in [0, 0.1) is 0 Å². The van der Waals surface area contributed by atoms with Crippen molar-refractivity contribution in [3.05, 3.63) is 35.4 Å². The Morgan fingerprint density at radius 1 is 1.23 bits per heavy atom. The summed E-state index contributed by atoms with van der Waals surface area (Å²) in [4.78, 5) is 24.5. The van der Waals surface area contributed by atoms with E-state index in [1.165, 1.54) is 11.8 Å². The molecule has 0 aromatic heterocycles. The Labute approximate surface area is 124 Å². The van der Waals surface area contributed by atoms with Gasteiger partial charge in [0, 0.05) is 25.6 Å². The largest absolute Gasteiger partial charge is 0.416 e. The number of aliphatic hydroxyl groups excluding tert-OH is 1. The minimum Gasteiger partial charge on any atom is -0.389 e. The van der Waals surface area contributed by atoms with Crippen molar-refractivity contribution < 1.29 is 27.9 Å². The van der Waals surface area contributed by atoms with Gasteiger partial charge < -0.3 is 15.3 Å². The van der Waals surface area contributed by atoms with Gasteiger partial charge in [-0.3, -0.25) is 9.59 Å². The number of halogens is 3. The molecule has 1 saturated heterocycles. The van der Waals surface area contributed by atoms with Gasteiger partial charge in [0.15, 0.2) is 0 Å². The van der Waals surface area contributed by atoms with Crippen LogP contribution in [0.5, 0.6) is 0 Å². The van der Waals surface area contributed by atoms with Gasteiger partial charge in [-0.25, -0.2) is 0 Å². The van der Waals surface area contributed by atoms with E-state index in [2.05, 4.69) is 5.32 Å². The van der Waals surface area contributed by atoms with E-state index in [4.69, 9.17) is 0 Å². The molecule has 120 valence electrons. The van der Waals surface area contributed by atoms with E-state index in [0.717, 1.165) is 24.3 Å². The number of amides is 2. The number of hydrogen-bond donors (Lipinski definition) is 2. The Morgan fingerprint density at radius 2 is 1.82 bits per heavy atom. The summed E-state index contributed by atoms with van der Waals surface area (Å²) in [6.07, 6.45) is -5.36. The summed E-state index contributed by atoms with van der Waals surface area (Å²) in [5.41, 5.74) is -0.731. The molecule has 8 heteroatoms. The number of nitrogens with zero attached hydrogens (tertiary/aromatic N) is 1. The van der Waals surface area contributed by atoms with Crippen LogP contribution in [0.4, 0.5) is 13.2 Å². The Morgan fingerprint density at radius 3 is 2.32 bits per heavy atom. The Bertz CT molecular complexity index is 572. The molecule has 1 aliphatic heterocycles. The number of alkyl halides is 3. The zero-order chi connectivity index (χ0) is 16.5. The lowest BCUT2D eigenvalue weighted by atomic mass is 10.1. The Balaban J connectivity index is 2.08. The molecule has 0 spiro atoms. The molecule has 1 aliphatic rings. The van der Waals surface area contributed by atoms with Crippen LogP contribution in [0.1, 0.15) is 22.8 Å². The molecule has 5 nitrogen and oxygen atoms in total. The van der Waals surface area contributed by atoms with Crippen LogP contribution in [-0.4, -0.2) is 47.1 Å². The maximum atomic E-state index is 12.5. The van der Waals surface area contributed by atoms with Gasteiger partial charge in [-0.05, 0) is 24.3 Å². The van der Waals surface area contributed by atoms with Crippen molar-refractivity contribution in [1.29, 1.82) is 0 Å². The molecule has 0 unspecified atom stereocenters. The number of aliphatic hydroxyl groups is 1. The number of β-amino-alcohol motifs (C(OH)–C–C–N with tert-alkyl or cyclic N) is 1. The predicted molar refractivity (Wildman–Crippen MR) is 71.0 cm³/mol. The van der Waals surface area contributed by atoms with Crippen LogP contribution in [0.3, 0.4) is 0 Å². The minimum absolute atomic E-state index is 0.0187. The molecule has 1 heterocycles. The van der Waals surface area contributed by atoms with Gasteiger partial charge >= 0.3 is 6.18 Å². The Kier molecular flexibility index (Phi) is 4.41. The van der Waals surface area contributed by atoms with Crippen molar-refractivity contribution in [1.82, 2.24) is 10.2 Å². The second-order valence-corrected chi connectivity index (χ2v) is 5.16. The fraction of sp³-hybridized carbons (Fsp3) is 0.429. The van der Waals surface area contributed by atoms with Crippen molar-refractivity contribution in [3.8, 4) is 0 Å². The first-order valence-corrected chi connectivity index (χ1v) is 6.60. The molecule has 2 atom stereocenters. The smallest absolute Gasteiger partial charge is 0.389 e. The SMILES string of the molecule is CC(=O)N[C@@H]1CN(C(=O)c2ccc(C(F)(F)F)cc2)C[C@H]1O. The van der Waals surface area contributed by atoms with Crippen molar-refractivity contribution in [2.24, 2.45) is 0 Å². The van der Waals surface area contributed by atoms with Gasteiger partial charge in [-0.15, -0.1) is 0 Å². The van der Waals surface area contributed by atoms with Crippen LogP contribution in [0.2, 0.25) is 0 Å². The summed E-state index contributed by atoms with van der Waals surface area (Å²) in [6, 6.07) is 3.30. The lowest BCUT2D eigenvalue weighted by Crippen LogP contribution is -2.41.